The van der Waals surface area contributed by atoms with Gasteiger partial charge in [-0.1, -0.05) is 115 Å². The van der Waals surface area contributed by atoms with Crippen molar-refractivity contribution >= 4 is 22.8 Å². The lowest BCUT2D eigenvalue weighted by Gasteiger charge is -2.33. The molecule has 0 amide bonds. The first-order valence-corrected chi connectivity index (χ1v) is 15.6. The first-order chi connectivity index (χ1) is 22.2. The summed E-state index contributed by atoms with van der Waals surface area (Å²) >= 11 is 0. The van der Waals surface area contributed by atoms with E-state index in [2.05, 4.69) is 156 Å². The fourth-order valence-electron chi connectivity index (χ4n) is 7.41. The molecule has 218 valence electrons. The van der Waals surface area contributed by atoms with Gasteiger partial charge in [-0.05, 0) is 48.4 Å². The molecule has 5 heteroatoms. The first-order valence-electron chi connectivity index (χ1n) is 15.6. The molecular formula is C40H32N4O. The second-order valence-electron chi connectivity index (χ2n) is 12.2. The normalized spacial score (nSPS) is 23.0. The van der Waals surface area contributed by atoms with Crippen LogP contribution in [0.2, 0.25) is 0 Å². The molecule has 2 aliphatic heterocycles. The summed E-state index contributed by atoms with van der Waals surface area (Å²) in [5, 5.41) is 8.62. The zero-order chi connectivity index (χ0) is 30.0. The van der Waals surface area contributed by atoms with Gasteiger partial charge in [-0.2, -0.15) is 0 Å². The van der Waals surface area contributed by atoms with Gasteiger partial charge in [0.05, 0.1) is 11.2 Å². The summed E-state index contributed by atoms with van der Waals surface area (Å²) in [6.07, 6.45) is 4.33. The molecule has 4 unspecified atom stereocenters. The van der Waals surface area contributed by atoms with Crippen molar-refractivity contribution < 1.29 is 4.74 Å². The van der Waals surface area contributed by atoms with Crippen molar-refractivity contribution in [2.45, 2.75) is 30.8 Å². The fourth-order valence-corrected chi connectivity index (χ4v) is 7.41. The number of aliphatic imine (C=N–C) groups is 1. The highest BCUT2D eigenvalue weighted by atomic mass is 16.5. The van der Waals surface area contributed by atoms with Crippen LogP contribution in [0, 0.1) is 0 Å². The van der Waals surface area contributed by atoms with E-state index in [0.717, 1.165) is 34.0 Å². The Morgan fingerprint density at radius 3 is 2.27 bits per heavy atom. The van der Waals surface area contributed by atoms with Gasteiger partial charge < -0.3 is 14.6 Å². The number of amidine groups is 1. The van der Waals surface area contributed by atoms with Crippen molar-refractivity contribution in [3.05, 3.63) is 173 Å². The van der Waals surface area contributed by atoms with Crippen LogP contribution in [0.1, 0.15) is 58.7 Å². The highest BCUT2D eigenvalue weighted by Gasteiger charge is 2.49. The third-order valence-electron chi connectivity index (χ3n) is 9.53. The predicted octanol–water partition coefficient (Wildman–Crippen LogP) is 8.39. The number of fused-ring (bicyclic) bond motifs is 7. The Morgan fingerprint density at radius 1 is 0.733 bits per heavy atom. The van der Waals surface area contributed by atoms with E-state index < -0.39 is 5.60 Å². The summed E-state index contributed by atoms with van der Waals surface area (Å²) in [5.41, 5.74) is 8.84. The van der Waals surface area contributed by atoms with E-state index in [0.29, 0.717) is 0 Å². The van der Waals surface area contributed by atoms with Crippen molar-refractivity contribution in [3.8, 4) is 11.4 Å². The Bertz CT molecular complexity index is 2110. The molecule has 2 N–H and O–H groups in total. The molecule has 0 bridgehead atoms. The van der Waals surface area contributed by atoms with E-state index >= 15 is 0 Å². The minimum Gasteiger partial charge on any atom is -0.481 e. The third kappa shape index (κ3) is 4.08. The van der Waals surface area contributed by atoms with Gasteiger partial charge in [0, 0.05) is 33.7 Å². The van der Waals surface area contributed by atoms with Crippen molar-refractivity contribution in [2.75, 3.05) is 0 Å². The number of para-hydroxylation sites is 2. The topological polar surface area (TPSA) is 50.6 Å². The van der Waals surface area contributed by atoms with E-state index in [-0.39, 0.29) is 18.2 Å². The van der Waals surface area contributed by atoms with E-state index in [1.165, 1.54) is 27.7 Å². The Labute approximate surface area is 262 Å². The molecule has 45 heavy (non-hydrogen) atoms. The lowest BCUT2D eigenvalue weighted by molar-refractivity contribution is 0.101. The van der Waals surface area contributed by atoms with Crippen LogP contribution in [0.4, 0.5) is 0 Å². The summed E-state index contributed by atoms with van der Waals surface area (Å²) in [6, 6.07) is 46.8. The quantitative estimate of drug-likeness (QED) is 0.219. The fraction of sp³-hybridized carbons (Fsp3) is 0.125. The molecule has 4 atom stereocenters. The molecule has 0 saturated heterocycles. The molecule has 0 spiro atoms. The van der Waals surface area contributed by atoms with Gasteiger partial charge in [0.25, 0.3) is 0 Å². The first kappa shape index (κ1) is 26.1. The highest BCUT2D eigenvalue weighted by Crippen LogP contribution is 2.56. The van der Waals surface area contributed by atoms with Gasteiger partial charge in [-0.3, -0.25) is 5.32 Å². The molecule has 5 aromatic carbocycles. The highest BCUT2D eigenvalue weighted by molar-refractivity contribution is 5.99. The van der Waals surface area contributed by atoms with E-state index in [9.17, 15) is 0 Å². The number of hydrogen-bond acceptors (Lipinski definition) is 4. The Morgan fingerprint density at radius 2 is 1.44 bits per heavy atom. The van der Waals surface area contributed by atoms with Crippen LogP contribution in [0.5, 0.6) is 5.75 Å². The van der Waals surface area contributed by atoms with Gasteiger partial charge in [0.15, 0.2) is 0 Å². The molecule has 0 fully saturated rings. The maximum absolute atomic E-state index is 6.78. The molecule has 9 rings (SSSR count). The molecule has 0 saturated carbocycles. The van der Waals surface area contributed by atoms with Crippen molar-refractivity contribution in [3.63, 3.8) is 0 Å². The van der Waals surface area contributed by atoms with Crippen molar-refractivity contribution in [2.24, 2.45) is 4.99 Å². The number of rotatable bonds is 4. The SMILES string of the molecule is CC12Oc3ccccc3C1C=Cc1c2c2ccccc2n1-c1ccc(C2NC(c3ccccc3)=NC(c3ccccc3)N2)cc1. The number of benzene rings is 5. The lowest BCUT2D eigenvalue weighted by Crippen LogP contribution is -2.44. The predicted molar refractivity (Wildman–Crippen MR) is 181 cm³/mol. The second kappa shape index (κ2) is 10.1. The molecule has 1 aromatic heterocycles. The standard InChI is InChI=1S/C40H32N4O/c1-40-32(30-16-9-11-19-35(30)45-40)24-25-34-36(40)31-17-8-10-18-33(31)44(34)29-22-20-28(21-23-29)39-42-37(26-12-4-2-5-13-26)41-38(43-39)27-14-6-3-7-15-27/h2-25,32,37,39,42H,1H3,(H,41,43). The lowest BCUT2D eigenvalue weighted by atomic mass is 9.76. The van der Waals surface area contributed by atoms with Gasteiger partial charge in [-0.25, -0.2) is 4.99 Å². The zero-order valence-electron chi connectivity index (χ0n) is 24.9. The Hall–Kier alpha value is -5.39. The van der Waals surface area contributed by atoms with Crippen LogP contribution in [0.3, 0.4) is 0 Å². The number of nitrogens with one attached hydrogen (secondary N) is 2. The Kier molecular flexibility index (Phi) is 5.83. The van der Waals surface area contributed by atoms with Crippen LogP contribution >= 0.6 is 0 Å². The molecular weight excluding hydrogens is 552 g/mol. The van der Waals surface area contributed by atoms with Gasteiger partial charge in [0.1, 0.15) is 29.5 Å². The smallest absolute Gasteiger partial charge is 0.144 e. The molecule has 0 radical (unpaired) electrons. The monoisotopic (exact) mass is 584 g/mol. The summed E-state index contributed by atoms with van der Waals surface area (Å²) in [6.45, 7) is 2.25. The number of nitrogens with zero attached hydrogens (tertiary/aromatic N) is 2. The Balaban J connectivity index is 1.11. The molecule has 6 aromatic rings. The summed E-state index contributed by atoms with van der Waals surface area (Å²) in [4.78, 5) is 5.06. The molecule has 3 aliphatic rings. The minimum atomic E-state index is -0.478. The van der Waals surface area contributed by atoms with Crippen LogP contribution < -0.4 is 15.4 Å². The van der Waals surface area contributed by atoms with Crippen LogP contribution in [0.25, 0.3) is 22.7 Å². The number of ether oxygens (including phenoxy) is 1. The average Bonchev–Trinajstić information content (AvgIpc) is 3.61. The molecule has 5 nitrogen and oxygen atoms in total. The minimum absolute atomic E-state index is 0.114. The van der Waals surface area contributed by atoms with Crippen molar-refractivity contribution in [1.82, 2.24) is 15.2 Å². The van der Waals surface area contributed by atoms with E-state index in [1.807, 2.05) is 12.1 Å². The average molecular weight is 585 g/mol. The van der Waals surface area contributed by atoms with Gasteiger partial charge in [0.2, 0.25) is 0 Å². The number of hydrogen-bond donors (Lipinski definition) is 2. The maximum atomic E-state index is 6.78. The van der Waals surface area contributed by atoms with Gasteiger partial charge >= 0.3 is 0 Å². The van der Waals surface area contributed by atoms with Gasteiger partial charge in [-0.15, -0.1) is 0 Å². The van der Waals surface area contributed by atoms with E-state index in [4.69, 9.17) is 9.73 Å². The summed E-state index contributed by atoms with van der Waals surface area (Å²) in [7, 11) is 0. The zero-order valence-corrected chi connectivity index (χ0v) is 24.9. The second-order valence-corrected chi connectivity index (χ2v) is 12.2. The number of aromatic nitrogens is 1. The van der Waals surface area contributed by atoms with Crippen LogP contribution in [-0.4, -0.2) is 10.4 Å². The van der Waals surface area contributed by atoms with Crippen LogP contribution in [-0.2, 0) is 5.60 Å². The summed E-state index contributed by atoms with van der Waals surface area (Å²) in [5.74, 6) is 2.03. The maximum Gasteiger partial charge on any atom is 0.144 e. The molecule has 1 aliphatic carbocycles. The van der Waals surface area contributed by atoms with Crippen LogP contribution in [0.15, 0.2) is 145 Å². The molecule has 3 heterocycles. The van der Waals surface area contributed by atoms with Crippen molar-refractivity contribution in [1.29, 1.82) is 0 Å². The summed E-state index contributed by atoms with van der Waals surface area (Å²) < 4.78 is 9.16. The van der Waals surface area contributed by atoms with E-state index in [1.54, 1.807) is 0 Å². The largest absolute Gasteiger partial charge is 0.481 e. The third-order valence-corrected chi connectivity index (χ3v) is 9.53.